The quantitative estimate of drug-likeness (QED) is 0.773. The lowest BCUT2D eigenvalue weighted by atomic mass is 10.1. The molecule has 0 bridgehead atoms. The van der Waals surface area contributed by atoms with E-state index in [1.807, 2.05) is 0 Å². The molecule has 0 spiro atoms. The Morgan fingerprint density at radius 2 is 2.16 bits per heavy atom. The number of halogens is 1. The number of rotatable bonds is 7. The van der Waals surface area contributed by atoms with Crippen LogP contribution in [-0.4, -0.2) is 26.2 Å². The minimum absolute atomic E-state index is 0.143. The fourth-order valence-electron chi connectivity index (χ4n) is 1.75. The van der Waals surface area contributed by atoms with Gasteiger partial charge in [0.25, 0.3) is 0 Å². The molecule has 19 heavy (non-hydrogen) atoms. The first-order valence-corrected chi connectivity index (χ1v) is 6.30. The van der Waals surface area contributed by atoms with Crippen molar-refractivity contribution >= 4 is 11.7 Å². The molecule has 0 fully saturated rings. The molecule has 1 rings (SSSR count). The zero-order chi connectivity index (χ0) is 14.3. The summed E-state index contributed by atoms with van der Waals surface area (Å²) in [6.45, 7) is 2.05. The van der Waals surface area contributed by atoms with Crippen molar-refractivity contribution in [1.29, 1.82) is 0 Å². The highest BCUT2D eigenvalue weighted by Gasteiger charge is 2.18. The molecule has 0 saturated carbocycles. The van der Waals surface area contributed by atoms with Crippen molar-refractivity contribution < 1.29 is 18.7 Å². The monoisotopic (exact) mass is 269 g/mol. The molecule has 0 aliphatic rings. The average Bonchev–Trinajstić information content (AvgIpc) is 2.44. The van der Waals surface area contributed by atoms with E-state index >= 15 is 0 Å². The fourth-order valence-corrected chi connectivity index (χ4v) is 1.75. The molecular formula is C14H20FNO3. The molecule has 0 aliphatic carbocycles. The van der Waals surface area contributed by atoms with Crippen LogP contribution in [0.5, 0.6) is 5.75 Å². The van der Waals surface area contributed by atoms with Gasteiger partial charge in [-0.1, -0.05) is 19.8 Å². The number of ether oxygens (including phenoxy) is 2. The smallest absolute Gasteiger partial charge is 0.328 e. The highest BCUT2D eigenvalue weighted by molar-refractivity contribution is 5.79. The predicted molar refractivity (Wildman–Crippen MR) is 71.9 cm³/mol. The zero-order valence-corrected chi connectivity index (χ0v) is 11.5. The van der Waals surface area contributed by atoms with E-state index in [1.54, 1.807) is 6.07 Å². The number of carbonyl (C=O) groups excluding carboxylic acids is 1. The van der Waals surface area contributed by atoms with Gasteiger partial charge < -0.3 is 14.8 Å². The van der Waals surface area contributed by atoms with Crippen molar-refractivity contribution in [3.8, 4) is 5.75 Å². The van der Waals surface area contributed by atoms with Crippen molar-refractivity contribution in [1.82, 2.24) is 0 Å². The van der Waals surface area contributed by atoms with Gasteiger partial charge >= 0.3 is 5.97 Å². The van der Waals surface area contributed by atoms with Crippen molar-refractivity contribution in [3.63, 3.8) is 0 Å². The molecule has 106 valence electrons. The molecule has 0 radical (unpaired) electrons. The molecule has 1 aromatic rings. The van der Waals surface area contributed by atoms with Gasteiger partial charge in [0.2, 0.25) is 0 Å². The predicted octanol–water partition coefficient (Wildman–Crippen LogP) is 2.98. The van der Waals surface area contributed by atoms with E-state index in [0.29, 0.717) is 12.1 Å². The molecule has 0 aromatic heterocycles. The summed E-state index contributed by atoms with van der Waals surface area (Å²) in [5, 5.41) is 3.05. The van der Waals surface area contributed by atoms with Crippen LogP contribution in [0.15, 0.2) is 18.2 Å². The summed E-state index contributed by atoms with van der Waals surface area (Å²) in [5.74, 6) is -0.614. The van der Waals surface area contributed by atoms with E-state index in [2.05, 4.69) is 12.2 Å². The molecule has 1 atom stereocenters. The molecular weight excluding hydrogens is 249 g/mol. The van der Waals surface area contributed by atoms with E-state index in [1.165, 1.54) is 26.4 Å². The third-order valence-electron chi connectivity index (χ3n) is 2.82. The van der Waals surface area contributed by atoms with E-state index in [9.17, 15) is 9.18 Å². The Balaban J connectivity index is 2.80. The molecule has 0 amide bonds. The second-order valence-corrected chi connectivity index (χ2v) is 4.21. The number of esters is 1. The number of hydrogen-bond acceptors (Lipinski definition) is 4. The normalized spacial score (nSPS) is 11.8. The van der Waals surface area contributed by atoms with Crippen LogP contribution in [0.3, 0.4) is 0 Å². The van der Waals surface area contributed by atoms with Crippen molar-refractivity contribution in [2.24, 2.45) is 0 Å². The Kier molecular flexibility index (Phi) is 6.12. The van der Waals surface area contributed by atoms with Crippen molar-refractivity contribution in [3.05, 3.63) is 24.0 Å². The Bertz CT molecular complexity index is 423. The first-order chi connectivity index (χ1) is 9.12. The highest BCUT2D eigenvalue weighted by atomic mass is 19.1. The standard InChI is InChI=1S/C14H20FNO3/c1-4-5-6-12(14(17)19-3)16-10-7-8-11(15)13(9-10)18-2/h7-9,12,16H,4-6H2,1-3H3. The fraction of sp³-hybridized carbons (Fsp3) is 0.500. The summed E-state index contributed by atoms with van der Waals surface area (Å²) < 4.78 is 22.9. The van der Waals surface area contributed by atoms with Gasteiger partial charge in [0, 0.05) is 11.8 Å². The number of unbranched alkanes of at least 4 members (excludes halogenated alkanes) is 1. The van der Waals surface area contributed by atoms with Gasteiger partial charge in [-0.3, -0.25) is 0 Å². The van der Waals surface area contributed by atoms with Gasteiger partial charge in [-0.15, -0.1) is 0 Å². The van der Waals surface area contributed by atoms with Crippen LogP contribution in [0, 0.1) is 5.82 Å². The van der Waals surface area contributed by atoms with Crippen LogP contribution >= 0.6 is 0 Å². The summed E-state index contributed by atoms with van der Waals surface area (Å²) in [7, 11) is 2.76. The lowest BCUT2D eigenvalue weighted by molar-refractivity contribution is -0.141. The van der Waals surface area contributed by atoms with Crippen LogP contribution in [-0.2, 0) is 9.53 Å². The van der Waals surface area contributed by atoms with Crippen molar-refractivity contribution in [2.75, 3.05) is 19.5 Å². The Morgan fingerprint density at radius 1 is 1.42 bits per heavy atom. The lowest BCUT2D eigenvalue weighted by Crippen LogP contribution is -2.30. The van der Waals surface area contributed by atoms with Crippen LogP contribution in [0.4, 0.5) is 10.1 Å². The minimum atomic E-state index is -0.434. The number of methoxy groups -OCH3 is 2. The number of benzene rings is 1. The van der Waals surface area contributed by atoms with E-state index < -0.39 is 11.9 Å². The summed E-state index contributed by atoms with van der Waals surface area (Å²) in [5.41, 5.74) is 0.629. The van der Waals surface area contributed by atoms with E-state index in [-0.39, 0.29) is 11.7 Å². The highest BCUT2D eigenvalue weighted by Crippen LogP contribution is 2.22. The van der Waals surface area contributed by atoms with Gasteiger partial charge in [-0.2, -0.15) is 0 Å². The Morgan fingerprint density at radius 3 is 2.74 bits per heavy atom. The molecule has 5 heteroatoms. The first kappa shape index (κ1) is 15.3. The number of anilines is 1. The number of hydrogen-bond donors (Lipinski definition) is 1. The largest absolute Gasteiger partial charge is 0.494 e. The molecule has 1 aromatic carbocycles. The third-order valence-corrected chi connectivity index (χ3v) is 2.82. The lowest BCUT2D eigenvalue weighted by Gasteiger charge is -2.17. The second-order valence-electron chi connectivity index (χ2n) is 4.21. The SMILES string of the molecule is CCCCC(Nc1ccc(F)c(OC)c1)C(=O)OC. The third kappa shape index (κ3) is 4.43. The summed E-state index contributed by atoms with van der Waals surface area (Å²) >= 11 is 0. The summed E-state index contributed by atoms with van der Waals surface area (Å²) in [6, 6.07) is 3.96. The summed E-state index contributed by atoms with van der Waals surface area (Å²) in [4.78, 5) is 11.7. The number of carbonyl (C=O) groups is 1. The second kappa shape index (κ2) is 7.61. The Hall–Kier alpha value is -1.78. The zero-order valence-electron chi connectivity index (χ0n) is 11.5. The maximum absolute atomic E-state index is 13.3. The first-order valence-electron chi connectivity index (χ1n) is 6.30. The van der Waals surface area contributed by atoms with Gasteiger partial charge in [-0.25, -0.2) is 9.18 Å². The van der Waals surface area contributed by atoms with Crippen LogP contribution in [0.25, 0.3) is 0 Å². The summed E-state index contributed by atoms with van der Waals surface area (Å²) in [6.07, 6.45) is 2.57. The molecule has 0 heterocycles. The molecule has 0 saturated heterocycles. The number of nitrogens with one attached hydrogen (secondary N) is 1. The van der Waals surface area contributed by atoms with E-state index in [0.717, 1.165) is 12.8 Å². The molecule has 1 unspecified atom stereocenters. The molecule has 1 N–H and O–H groups in total. The maximum Gasteiger partial charge on any atom is 0.328 e. The van der Waals surface area contributed by atoms with E-state index in [4.69, 9.17) is 9.47 Å². The molecule has 4 nitrogen and oxygen atoms in total. The average molecular weight is 269 g/mol. The van der Waals surface area contributed by atoms with Gasteiger partial charge in [0.15, 0.2) is 11.6 Å². The molecule has 0 aliphatic heterocycles. The van der Waals surface area contributed by atoms with Crippen LogP contribution in [0.1, 0.15) is 26.2 Å². The van der Waals surface area contributed by atoms with Crippen LogP contribution in [0.2, 0.25) is 0 Å². The van der Waals surface area contributed by atoms with Gasteiger partial charge in [-0.05, 0) is 18.6 Å². The Labute approximate surface area is 112 Å². The minimum Gasteiger partial charge on any atom is -0.494 e. The van der Waals surface area contributed by atoms with Gasteiger partial charge in [0.05, 0.1) is 14.2 Å². The van der Waals surface area contributed by atoms with Crippen LogP contribution < -0.4 is 10.1 Å². The topological polar surface area (TPSA) is 47.6 Å². The van der Waals surface area contributed by atoms with Crippen molar-refractivity contribution in [2.45, 2.75) is 32.2 Å². The maximum atomic E-state index is 13.3. The van der Waals surface area contributed by atoms with Gasteiger partial charge in [0.1, 0.15) is 6.04 Å².